The first-order valence-electron chi connectivity index (χ1n) is 35.4. The number of hydrogen-bond donors (Lipinski definition) is 0. The summed E-state index contributed by atoms with van der Waals surface area (Å²) in [4.78, 5) is 90.2. The van der Waals surface area contributed by atoms with Crippen LogP contribution in [0.1, 0.15) is 67.7 Å². The second-order valence-electron chi connectivity index (χ2n) is 23.9. The number of benzene rings is 4. The molecule has 4 aromatic carbocycles. The molecule has 0 radical (unpaired) electrons. The lowest BCUT2D eigenvalue weighted by molar-refractivity contribution is 0.0171. The highest BCUT2D eigenvalue weighted by atomic mass is 16.6. The van der Waals surface area contributed by atoms with Crippen LogP contribution in [-0.2, 0) is 72.9 Å². The Kier molecular flexibility index (Phi) is 35.3. The zero-order valence-electron chi connectivity index (χ0n) is 59.7. The van der Waals surface area contributed by atoms with Crippen LogP contribution in [0.3, 0.4) is 0 Å². The molecular weight excluding hydrogens is 1360 g/mol. The van der Waals surface area contributed by atoms with E-state index in [1.807, 2.05) is 23.1 Å². The topological polar surface area (TPSA) is 303 Å². The summed E-state index contributed by atoms with van der Waals surface area (Å²) in [6.07, 6.45) is 0. The van der Waals surface area contributed by atoms with E-state index in [0.29, 0.717) is 117 Å². The highest BCUT2D eigenvalue weighted by molar-refractivity contribution is 6.22. The van der Waals surface area contributed by atoms with Gasteiger partial charge in [-0.05, 0) is 42.0 Å². The van der Waals surface area contributed by atoms with Crippen LogP contribution < -0.4 is 28.4 Å². The van der Waals surface area contributed by atoms with E-state index in [1.165, 1.54) is 53.8 Å². The molecule has 572 valence electrons. The van der Waals surface area contributed by atoms with Gasteiger partial charge in [-0.15, -0.1) is 0 Å². The Hall–Kier alpha value is -7.70. The molecule has 0 saturated carbocycles. The molecular formula is C73H99N5O26. The average molecular weight is 1460 g/mol. The molecule has 0 fully saturated rings. The third-order valence-electron chi connectivity index (χ3n) is 16.9. The van der Waals surface area contributed by atoms with Gasteiger partial charge in [-0.2, -0.15) is 0 Å². The van der Waals surface area contributed by atoms with Crippen molar-refractivity contribution in [2.24, 2.45) is 0 Å². The predicted octanol–water partition coefficient (Wildman–Crippen LogP) is 3.47. The molecule has 5 aliphatic rings. The molecule has 5 heterocycles. The van der Waals surface area contributed by atoms with Crippen molar-refractivity contribution in [3.63, 3.8) is 0 Å². The fourth-order valence-electron chi connectivity index (χ4n) is 11.4. The number of methoxy groups -OCH3 is 2. The van der Waals surface area contributed by atoms with Gasteiger partial charge in [0.05, 0.1) is 206 Å². The summed E-state index contributed by atoms with van der Waals surface area (Å²) in [5.74, 6) is -1.86. The minimum Gasteiger partial charge on any atom is -0.487 e. The number of esters is 2. The molecule has 0 atom stereocenters. The van der Waals surface area contributed by atoms with Crippen LogP contribution in [0, 0.1) is 0 Å². The van der Waals surface area contributed by atoms with Gasteiger partial charge < -0.3 is 94.7 Å². The number of carbonyl (C=O) groups is 6. The smallest absolute Gasteiger partial charge is 0.338 e. The first kappa shape index (κ1) is 80.4. The molecule has 0 aliphatic carbocycles. The Bertz CT molecular complexity index is 3130. The van der Waals surface area contributed by atoms with Crippen LogP contribution in [0.25, 0.3) is 0 Å². The molecule has 31 heteroatoms. The highest BCUT2D eigenvalue weighted by Crippen LogP contribution is 2.38. The largest absolute Gasteiger partial charge is 0.487 e. The normalized spacial score (nSPS) is 20.0. The van der Waals surface area contributed by atoms with Crippen molar-refractivity contribution in [3.05, 3.63) is 106 Å². The van der Waals surface area contributed by atoms with Gasteiger partial charge in [-0.3, -0.25) is 43.7 Å². The SMILES string of the molecule is COC(=O)c1cc2c(cc1C(=O)OC)OCCOCCOCCN(CCN1C(=O)c3cc4c(cc3C1=O)OCCOCCOCCN(CCN1C(=O)c3cc5c(cc3C1=O)OCCOCCOCCN(Cc1ccccc1)CCOCCOCCO5)CCOCCOCCO4)CCOCCOCCO2. The Morgan fingerprint density at radius 1 is 0.298 bits per heavy atom. The first-order valence-corrected chi connectivity index (χ1v) is 35.4. The summed E-state index contributed by atoms with van der Waals surface area (Å²) >= 11 is 0. The van der Waals surface area contributed by atoms with E-state index in [4.69, 9.17) is 94.7 Å². The van der Waals surface area contributed by atoms with Crippen LogP contribution >= 0.6 is 0 Å². The summed E-state index contributed by atoms with van der Waals surface area (Å²) in [6, 6.07) is 19.2. The second-order valence-corrected chi connectivity index (χ2v) is 23.9. The Morgan fingerprint density at radius 2 is 0.529 bits per heavy atom. The summed E-state index contributed by atoms with van der Waals surface area (Å²) in [5.41, 5.74) is 1.88. The molecule has 0 spiro atoms. The monoisotopic (exact) mass is 1460 g/mol. The van der Waals surface area contributed by atoms with Gasteiger partial charge in [0, 0.05) is 72.0 Å². The number of amides is 4. The van der Waals surface area contributed by atoms with Crippen molar-refractivity contribution >= 4 is 35.6 Å². The zero-order chi connectivity index (χ0) is 72.8. The van der Waals surface area contributed by atoms with Crippen molar-refractivity contribution in [2.45, 2.75) is 6.54 Å². The van der Waals surface area contributed by atoms with Gasteiger partial charge in [0.2, 0.25) is 0 Å². The fraction of sp³-hybridized carbons (Fsp3) is 0.589. The van der Waals surface area contributed by atoms with E-state index >= 15 is 0 Å². The average Bonchev–Trinajstić information content (AvgIpc) is 1.63. The maximum atomic E-state index is 14.1. The summed E-state index contributed by atoms with van der Waals surface area (Å²) < 4.78 is 117. The Balaban J connectivity index is 0.710. The molecule has 0 aromatic heterocycles. The lowest BCUT2D eigenvalue weighted by Gasteiger charge is -2.24. The Morgan fingerprint density at radius 3 is 0.788 bits per heavy atom. The lowest BCUT2D eigenvalue weighted by atomic mass is 10.1. The Labute approximate surface area is 605 Å². The molecule has 4 aromatic rings. The van der Waals surface area contributed by atoms with Crippen LogP contribution in [0.5, 0.6) is 34.5 Å². The number of nitrogens with zero attached hydrogens (tertiary/aromatic N) is 5. The maximum Gasteiger partial charge on any atom is 0.338 e. The minimum atomic E-state index is -0.757. The molecule has 5 aliphatic heterocycles. The van der Waals surface area contributed by atoms with E-state index < -0.39 is 35.6 Å². The van der Waals surface area contributed by atoms with Gasteiger partial charge in [-0.25, -0.2) is 9.59 Å². The first-order chi connectivity index (χ1) is 51.1. The number of ether oxygens (including phenoxy) is 20. The van der Waals surface area contributed by atoms with Crippen LogP contribution in [0.15, 0.2) is 66.7 Å². The van der Waals surface area contributed by atoms with Gasteiger partial charge in [0.25, 0.3) is 23.6 Å². The number of imide groups is 2. The molecule has 0 unspecified atom stereocenters. The van der Waals surface area contributed by atoms with Crippen molar-refractivity contribution in [1.29, 1.82) is 0 Å². The standard InChI is InChI=1S/C73H99N5O26/c1-85-72(83)60-52-66-67(53-61(60)73(84)86-2)104-47-41-96-33-27-90-21-15-75(14-20-89-26-32-95-40-46-103-66)9-11-77-68(79)56-48-62-63(49-57(56)69(77)80)100-43-37-94-31-25-88-19-13-74(12-18-87-24-30-93-36-42-99-62)8-10-78-70(81)58-50-64-65(51-59(58)71(78)82)102-45-39-98-35-29-92-23-17-76(54-55-6-4-3-5-7-55)16-22-91-28-34-97-38-44-101-64/h3-7,48-53H,8-47,54H2,1-2H3. The minimum absolute atomic E-state index is 0.0559. The van der Waals surface area contributed by atoms with Gasteiger partial charge in [-0.1, -0.05) is 30.3 Å². The zero-order valence-corrected chi connectivity index (χ0v) is 59.7. The van der Waals surface area contributed by atoms with Gasteiger partial charge in [0.15, 0.2) is 34.5 Å². The molecule has 0 bridgehead atoms. The third-order valence-corrected chi connectivity index (χ3v) is 16.9. The molecule has 9 rings (SSSR count). The van der Waals surface area contributed by atoms with Crippen LogP contribution in [-0.4, -0.2) is 338 Å². The number of hydrogen-bond acceptors (Lipinski definition) is 29. The van der Waals surface area contributed by atoms with Crippen molar-refractivity contribution in [2.75, 3.05) is 278 Å². The van der Waals surface area contributed by atoms with E-state index in [-0.39, 0.29) is 202 Å². The van der Waals surface area contributed by atoms with Crippen molar-refractivity contribution < 1.29 is 124 Å². The van der Waals surface area contributed by atoms with Crippen molar-refractivity contribution in [1.82, 2.24) is 24.5 Å². The predicted molar refractivity (Wildman–Crippen MR) is 370 cm³/mol. The summed E-state index contributed by atoms with van der Waals surface area (Å²) in [5, 5.41) is 0. The van der Waals surface area contributed by atoms with E-state index in [0.717, 1.165) is 19.6 Å². The van der Waals surface area contributed by atoms with Gasteiger partial charge in [0.1, 0.15) is 39.6 Å². The number of carbonyl (C=O) groups excluding carboxylic acids is 6. The molecule has 104 heavy (non-hydrogen) atoms. The van der Waals surface area contributed by atoms with E-state index in [2.05, 4.69) is 21.9 Å². The number of rotatable bonds is 10. The third kappa shape index (κ3) is 25.8. The number of fused-ring (bicyclic) bond motifs is 5. The van der Waals surface area contributed by atoms with Gasteiger partial charge >= 0.3 is 11.9 Å². The van der Waals surface area contributed by atoms with Crippen LogP contribution in [0.2, 0.25) is 0 Å². The molecule has 0 saturated heterocycles. The quantitative estimate of drug-likeness (QED) is 0.162. The van der Waals surface area contributed by atoms with E-state index in [1.54, 1.807) is 12.1 Å². The fourth-order valence-corrected chi connectivity index (χ4v) is 11.4. The van der Waals surface area contributed by atoms with Crippen molar-refractivity contribution in [3.8, 4) is 34.5 Å². The summed E-state index contributed by atoms with van der Waals surface area (Å²) in [6.45, 7) is 12.7. The summed E-state index contributed by atoms with van der Waals surface area (Å²) in [7, 11) is 2.40. The maximum absolute atomic E-state index is 14.1. The molecule has 4 amide bonds. The molecule has 31 nitrogen and oxygen atoms in total. The van der Waals surface area contributed by atoms with Crippen LogP contribution in [0.4, 0.5) is 0 Å². The lowest BCUT2D eigenvalue weighted by Crippen LogP contribution is -2.40. The highest BCUT2D eigenvalue weighted by Gasteiger charge is 2.39. The molecule has 0 N–H and O–H groups in total. The second kappa shape index (κ2) is 45.6. The van der Waals surface area contributed by atoms with E-state index in [9.17, 15) is 28.8 Å².